The van der Waals surface area contributed by atoms with Crippen molar-refractivity contribution in [2.75, 3.05) is 11.5 Å². The maximum atomic E-state index is 9.55. The van der Waals surface area contributed by atoms with Crippen molar-refractivity contribution < 1.29 is 19.8 Å². The molecule has 2 aromatic rings. The van der Waals surface area contributed by atoms with E-state index in [1.165, 1.54) is 0 Å². The predicted octanol–water partition coefficient (Wildman–Crippen LogP) is -0.171. The molecule has 116 valence electrons. The van der Waals surface area contributed by atoms with E-state index >= 15 is 0 Å². The summed E-state index contributed by atoms with van der Waals surface area (Å²) in [5.74, 6) is -1.59. The van der Waals surface area contributed by atoms with Gasteiger partial charge in [-0.1, -0.05) is 0 Å². The van der Waals surface area contributed by atoms with Crippen molar-refractivity contribution in [3.8, 4) is 0 Å². The van der Waals surface area contributed by atoms with Gasteiger partial charge in [0, 0.05) is 24.5 Å². The molecule has 0 aliphatic carbocycles. The smallest absolute Gasteiger partial charge is 0.328 e. The van der Waals surface area contributed by atoms with Crippen LogP contribution in [-0.4, -0.2) is 42.5 Å². The topological polar surface area (TPSA) is 178 Å². The molecular weight excluding hydrogens is 292 g/mol. The van der Waals surface area contributed by atoms with Crippen LogP contribution in [0.3, 0.4) is 0 Å². The predicted molar refractivity (Wildman–Crippen MR) is 77.3 cm³/mol. The lowest BCUT2D eigenvalue weighted by Crippen LogP contribution is -1.91. The number of rotatable bonds is 2. The van der Waals surface area contributed by atoms with E-state index in [0.29, 0.717) is 23.8 Å². The number of aliphatic carboxylic acids is 2. The summed E-state index contributed by atoms with van der Waals surface area (Å²) in [6.07, 6.45) is 4.28. The van der Waals surface area contributed by atoms with Gasteiger partial charge in [0.15, 0.2) is 0 Å². The Morgan fingerprint density at radius 2 is 1.23 bits per heavy atom. The Morgan fingerprint density at radius 3 is 1.36 bits per heavy atom. The largest absolute Gasteiger partial charge is 0.478 e. The molecule has 0 fully saturated rings. The van der Waals surface area contributed by atoms with Gasteiger partial charge in [0.1, 0.15) is 11.6 Å². The van der Waals surface area contributed by atoms with Crippen molar-refractivity contribution in [3.05, 3.63) is 48.8 Å². The zero-order valence-electron chi connectivity index (χ0n) is 11.3. The Bertz CT molecular complexity index is 538. The lowest BCUT2D eigenvalue weighted by Gasteiger charge is -1.81. The standard InChI is InChI=1S/2C4H5N3.C4H4O4/c2*5-4-2-1-3-6-7-4;5-3(6)1-2-4(7)8/h2*1-3H,(H2,5,7);1-2H,(H,5,6)(H,7,8)/b;;2-1-. The van der Waals surface area contributed by atoms with Crippen LogP contribution in [0, 0.1) is 0 Å². The summed E-state index contributed by atoms with van der Waals surface area (Å²) < 4.78 is 0. The van der Waals surface area contributed by atoms with Crippen LogP contribution in [0.1, 0.15) is 0 Å². The molecule has 2 heterocycles. The average Bonchev–Trinajstić information content (AvgIpc) is 2.48. The molecule has 0 aromatic carbocycles. The van der Waals surface area contributed by atoms with Gasteiger partial charge in [-0.25, -0.2) is 9.59 Å². The van der Waals surface area contributed by atoms with Crippen molar-refractivity contribution in [2.45, 2.75) is 0 Å². The molecule has 2 rings (SSSR count). The fourth-order valence-corrected chi connectivity index (χ4v) is 0.769. The van der Waals surface area contributed by atoms with E-state index in [1.54, 1.807) is 36.7 Å². The van der Waals surface area contributed by atoms with Crippen molar-refractivity contribution in [3.63, 3.8) is 0 Å². The lowest BCUT2D eigenvalue weighted by atomic mass is 10.5. The minimum absolute atomic E-state index is 0.461. The van der Waals surface area contributed by atoms with Crippen molar-refractivity contribution >= 4 is 23.6 Å². The third kappa shape index (κ3) is 12.9. The van der Waals surface area contributed by atoms with Crippen LogP contribution in [0.25, 0.3) is 0 Å². The van der Waals surface area contributed by atoms with Gasteiger partial charge < -0.3 is 21.7 Å². The highest BCUT2D eigenvalue weighted by molar-refractivity contribution is 5.89. The van der Waals surface area contributed by atoms with E-state index in [4.69, 9.17) is 21.7 Å². The highest BCUT2D eigenvalue weighted by Gasteiger charge is 1.88. The van der Waals surface area contributed by atoms with Crippen molar-refractivity contribution in [1.29, 1.82) is 0 Å². The Kier molecular flexibility index (Phi) is 9.46. The number of carboxylic acid groups (broad SMARTS) is 2. The van der Waals surface area contributed by atoms with Gasteiger partial charge in [-0.15, -0.1) is 10.2 Å². The summed E-state index contributed by atoms with van der Waals surface area (Å²) in [6.45, 7) is 0. The van der Waals surface area contributed by atoms with Crippen LogP contribution >= 0.6 is 0 Å². The Labute approximate surface area is 125 Å². The van der Waals surface area contributed by atoms with E-state index in [9.17, 15) is 9.59 Å². The highest BCUT2D eigenvalue weighted by atomic mass is 16.4. The SMILES string of the molecule is Nc1cccnn1.Nc1cccnn1.O=C(O)/C=C\C(=O)O. The summed E-state index contributed by atoms with van der Waals surface area (Å²) in [7, 11) is 0. The normalized spacial score (nSPS) is 8.91. The molecule has 10 heteroatoms. The van der Waals surface area contributed by atoms with Crippen molar-refractivity contribution in [2.24, 2.45) is 0 Å². The first-order valence-electron chi connectivity index (χ1n) is 5.62. The van der Waals surface area contributed by atoms with Crippen LogP contribution in [0.2, 0.25) is 0 Å². The zero-order chi connectivity index (χ0) is 16.8. The molecular formula is C12H14N6O4. The number of aromatic nitrogens is 4. The Morgan fingerprint density at radius 1 is 0.864 bits per heavy atom. The quantitative estimate of drug-likeness (QED) is 0.544. The number of hydrogen-bond acceptors (Lipinski definition) is 8. The monoisotopic (exact) mass is 306 g/mol. The molecule has 0 aliphatic heterocycles. The van der Waals surface area contributed by atoms with Gasteiger partial charge in [0.25, 0.3) is 0 Å². The summed E-state index contributed by atoms with van der Waals surface area (Å²) in [5.41, 5.74) is 10.4. The van der Waals surface area contributed by atoms with Gasteiger partial charge >= 0.3 is 11.9 Å². The van der Waals surface area contributed by atoms with Gasteiger partial charge in [-0.05, 0) is 24.3 Å². The maximum absolute atomic E-state index is 9.55. The van der Waals surface area contributed by atoms with E-state index < -0.39 is 11.9 Å². The fraction of sp³-hybridized carbons (Fsp3) is 0. The van der Waals surface area contributed by atoms with Crippen LogP contribution in [0.5, 0.6) is 0 Å². The number of nitrogens with zero attached hydrogens (tertiary/aromatic N) is 4. The molecule has 0 bridgehead atoms. The van der Waals surface area contributed by atoms with E-state index in [2.05, 4.69) is 20.4 Å². The molecule has 0 saturated heterocycles. The molecule has 2 aromatic heterocycles. The number of nitrogens with two attached hydrogens (primary N) is 2. The summed E-state index contributed by atoms with van der Waals surface area (Å²) in [6, 6.07) is 6.85. The fourth-order valence-electron chi connectivity index (χ4n) is 0.769. The first kappa shape index (κ1) is 18.4. The number of anilines is 2. The van der Waals surface area contributed by atoms with Crippen LogP contribution in [0.4, 0.5) is 11.6 Å². The Balaban J connectivity index is 0.000000301. The second-order valence-electron chi connectivity index (χ2n) is 3.31. The number of nitrogen functional groups attached to an aromatic ring is 2. The van der Waals surface area contributed by atoms with Gasteiger partial charge in [0.05, 0.1) is 0 Å². The first-order chi connectivity index (χ1) is 10.4. The van der Waals surface area contributed by atoms with Gasteiger partial charge in [-0.3, -0.25) is 0 Å². The molecule has 10 nitrogen and oxygen atoms in total. The minimum atomic E-state index is -1.26. The van der Waals surface area contributed by atoms with E-state index in [-0.39, 0.29) is 0 Å². The summed E-state index contributed by atoms with van der Waals surface area (Å²) in [5, 5.41) is 29.7. The van der Waals surface area contributed by atoms with Crippen LogP contribution in [0.15, 0.2) is 48.8 Å². The Hall–Kier alpha value is -3.56. The average molecular weight is 306 g/mol. The first-order valence-corrected chi connectivity index (χ1v) is 5.62. The molecule has 0 amide bonds. The number of carbonyl (C=O) groups is 2. The number of carboxylic acids is 2. The van der Waals surface area contributed by atoms with Crippen molar-refractivity contribution in [1.82, 2.24) is 20.4 Å². The van der Waals surface area contributed by atoms with Gasteiger partial charge in [-0.2, -0.15) is 10.2 Å². The molecule has 0 atom stereocenters. The molecule has 0 saturated carbocycles. The maximum Gasteiger partial charge on any atom is 0.328 e. The second kappa shape index (κ2) is 11.3. The molecule has 0 radical (unpaired) electrons. The lowest BCUT2D eigenvalue weighted by molar-refractivity contribution is -0.134. The molecule has 6 N–H and O–H groups in total. The third-order valence-electron chi connectivity index (χ3n) is 1.55. The summed E-state index contributed by atoms with van der Waals surface area (Å²) in [4.78, 5) is 19.1. The molecule has 22 heavy (non-hydrogen) atoms. The molecule has 0 aliphatic rings. The number of hydrogen-bond donors (Lipinski definition) is 4. The van der Waals surface area contributed by atoms with Gasteiger partial charge in [0.2, 0.25) is 0 Å². The van der Waals surface area contributed by atoms with Crippen LogP contribution < -0.4 is 11.5 Å². The summed E-state index contributed by atoms with van der Waals surface area (Å²) >= 11 is 0. The second-order valence-corrected chi connectivity index (χ2v) is 3.31. The zero-order valence-corrected chi connectivity index (χ0v) is 11.3. The molecule has 0 unspecified atom stereocenters. The molecule has 0 spiro atoms. The third-order valence-corrected chi connectivity index (χ3v) is 1.55. The van der Waals surface area contributed by atoms with E-state index in [0.717, 1.165) is 0 Å². The highest BCUT2D eigenvalue weighted by Crippen LogP contribution is 1.86. The minimum Gasteiger partial charge on any atom is -0.478 e. The van der Waals surface area contributed by atoms with Crippen LogP contribution in [-0.2, 0) is 9.59 Å². The van der Waals surface area contributed by atoms with E-state index in [1.807, 2.05) is 0 Å².